The number of rotatable bonds is 8. The number of carbonyl (C=O) groups excluding carboxylic acids is 2. The smallest absolute Gasteiger partial charge is 0.324 e. The van der Waals surface area contributed by atoms with Gasteiger partial charge in [-0.2, -0.15) is 4.72 Å². The lowest BCUT2D eigenvalue weighted by atomic mass is 10.2. The van der Waals surface area contributed by atoms with Crippen LogP contribution in [0.2, 0.25) is 5.02 Å². The Balaban J connectivity index is 1.97. The molecule has 0 fully saturated rings. The van der Waals surface area contributed by atoms with Crippen LogP contribution in [0.4, 0.5) is 5.69 Å². The fraction of sp³-hybridized carbons (Fsp3) is 0.263. The number of carbonyl (C=O) groups is 2. The maximum absolute atomic E-state index is 12.3. The zero-order valence-corrected chi connectivity index (χ0v) is 17.6. The molecule has 29 heavy (non-hydrogen) atoms. The van der Waals surface area contributed by atoms with Gasteiger partial charge in [0.15, 0.2) is 6.10 Å². The normalized spacial score (nSPS) is 13.2. The van der Waals surface area contributed by atoms with Crippen LogP contribution >= 0.6 is 11.6 Å². The van der Waals surface area contributed by atoms with E-state index in [9.17, 15) is 18.0 Å². The largest absolute Gasteiger partial charge is 0.495 e. The molecule has 2 rings (SSSR count). The molecule has 2 aromatic carbocycles. The number of halogens is 1. The van der Waals surface area contributed by atoms with Crippen molar-refractivity contribution in [3.63, 3.8) is 0 Å². The second kappa shape index (κ2) is 9.73. The molecule has 0 aliphatic heterocycles. The first-order chi connectivity index (χ1) is 13.6. The van der Waals surface area contributed by atoms with Crippen molar-refractivity contribution in [1.29, 1.82) is 0 Å². The minimum absolute atomic E-state index is 0.0523. The average molecular weight is 441 g/mol. The summed E-state index contributed by atoms with van der Waals surface area (Å²) in [6, 6.07) is 11.0. The van der Waals surface area contributed by atoms with Gasteiger partial charge in [-0.05, 0) is 50.2 Å². The van der Waals surface area contributed by atoms with Gasteiger partial charge in [-0.3, -0.25) is 9.59 Å². The summed E-state index contributed by atoms with van der Waals surface area (Å²) in [7, 11) is -2.50. The van der Waals surface area contributed by atoms with Gasteiger partial charge in [-0.25, -0.2) is 8.42 Å². The van der Waals surface area contributed by atoms with Crippen molar-refractivity contribution in [1.82, 2.24) is 4.72 Å². The van der Waals surface area contributed by atoms with E-state index in [1.54, 1.807) is 24.3 Å². The van der Waals surface area contributed by atoms with Crippen LogP contribution in [0.1, 0.15) is 13.8 Å². The molecular weight excluding hydrogens is 420 g/mol. The quantitative estimate of drug-likeness (QED) is 0.610. The number of methoxy groups -OCH3 is 1. The maximum atomic E-state index is 12.3. The molecule has 0 bridgehead atoms. The number of sulfonamides is 1. The lowest BCUT2D eigenvalue weighted by Crippen LogP contribution is -2.42. The molecule has 2 atom stereocenters. The number of hydrogen-bond acceptors (Lipinski definition) is 6. The lowest BCUT2D eigenvalue weighted by molar-refractivity contribution is -0.154. The third-order valence-corrected chi connectivity index (χ3v) is 5.65. The van der Waals surface area contributed by atoms with Crippen LogP contribution in [0.25, 0.3) is 0 Å². The van der Waals surface area contributed by atoms with E-state index >= 15 is 0 Å². The number of amides is 1. The van der Waals surface area contributed by atoms with Crippen LogP contribution in [-0.2, 0) is 24.3 Å². The summed E-state index contributed by atoms with van der Waals surface area (Å²) in [5, 5.41) is 2.97. The van der Waals surface area contributed by atoms with E-state index in [2.05, 4.69) is 10.0 Å². The van der Waals surface area contributed by atoms with E-state index in [0.717, 1.165) is 0 Å². The Bertz CT molecular complexity index is 978. The fourth-order valence-electron chi connectivity index (χ4n) is 2.27. The highest BCUT2D eigenvalue weighted by Crippen LogP contribution is 2.23. The van der Waals surface area contributed by atoms with Gasteiger partial charge in [-0.15, -0.1) is 0 Å². The third-order valence-electron chi connectivity index (χ3n) is 3.84. The number of nitrogens with one attached hydrogen (secondary N) is 2. The summed E-state index contributed by atoms with van der Waals surface area (Å²) >= 11 is 5.75. The van der Waals surface area contributed by atoms with E-state index in [1.807, 2.05) is 0 Å². The van der Waals surface area contributed by atoms with Crippen LogP contribution in [0, 0.1) is 0 Å². The molecule has 8 nitrogen and oxygen atoms in total. The number of para-hydroxylation sites is 2. The molecule has 2 aromatic rings. The molecule has 156 valence electrons. The van der Waals surface area contributed by atoms with Crippen LogP contribution < -0.4 is 14.8 Å². The summed E-state index contributed by atoms with van der Waals surface area (Å²) in [5.74, 6) is -1.04. The Kier molecular flexibility index (Phi) is 7.60. The van der Waals surface area contributed by atoms with Crippen LogP contribution in [0.15, 0.2) is 53.4 Å². The minimum atomic E-state index is -3.96. The van der Waals surface area contributed by atoms with E-state index in [4.69, 9.17) is 21.1 Å². The Labute approximate surface area is 174 Å². The Morgan fingerprint density at radius 2 is 1.66 bits per heavy atom. The molecule has 0 unspecified atom stereocenters. The zero-order valence-electron chi connectivity index (χ0n) is 16.0. The van der Waals surface area contributed by atoms with E-state index < -0.39 is 34.0 Å². The van der Waals surface area contributed by atoms with Gasteiger partial charge in [0.1, 0.15) is 11.8 Å². The van der Waals surface area contributed by atoms with Crippen molar-refractivity contribution in [2.75, 3.05) is 12.4 Å². The SMILES string of the molecule is COc1ccccc1NC(=O)[C@@H](C)OC(=O)[C@H](C)NS(=O)(=O)c1ccc(Cl)cc1. The Morgan fingerprint density at radius 3 is 2.28 bits per heavy atom. The topological polar surface area (TPSA) is 111 Å². The minimum Gasteiger partial charge on any atom is -0.495 e. The van der Waals surface area contributed by atoms with Crippen LogP contribution in [0.3, 0.4) is 0 Å². The summed E-state index contributed by atoms with van der Waals surface area (Å²) < 4.78 is 37.1. The molecule has 0 aromatic heterocycles. The monoisotopic (exact) mass is 440 g/mol. The van der Waals surface area contributed by atoms with Crippen molar-refractivity contribution < 1.29 is 27.5 Å². The molecule has 0 radical (unpaired) electrons. The van der Waals surface area contributed by atoms with Gasteiger partial charge in [0.05, 0.1) is 17.7 Å². The van der Waals surface area contributed by atoms with Crippen molar-refractivity contribution in [2.24, 2.45) is 0 Å². The molecule has 0 saturated carbocycles. The summed E-state index contributed by atoms with van der Waals surface area (Å²) in [6.07, 6.45) is -1.16. The van der Waals surface area contributed by atoms with Gasteiger partial charge in [0.2, 0.25) is 10.0 Å². The third kappa shape index (κ3) is 6.18. The predicted octanol–water partition coefficient (Wildman–Crippen LogP) is 2.59. The summed E-state index contributed by atoms with van der Waals surface area (Å²) in [4.78, 5) is 24.5. The standard InChI is InChI=1S/C19H21ClN2O6S/c1-12(22-29(25,26)15-10-8-14(20)9-11-15)19(24)28-13(2)18(23)21-16-6-4-5-7-17(16)27-3/h4-13,22H,1-3H3,(H,21,23)/t12-,13+/m0/s1. The molecule has 10 heteroatoms. The van der Waals surface area contributed by atoms with Gasteiger partial charge in [0.25, 0.3) is 5.91 Å². The number of benzene rings is 2. The van der Waals surface area contributed by atoms with E-state index in [-0.39, 0.29) is 4.90 Å². The lowest BCUT2D eigenvalue weighted by Gasteiger charge is -2.18. The molecule has 0 heterocycles. The van der Waals surface area contributed by atoms with Gasteiger partial charge >= 0.3 is 5.97 Å². The Hall–Kier alpha value is -2.62. The molecule has 2 N–H and O–H groups in total. The van der Waals surface area contributed by atoms with Gasteiger partial charge in [-0.1, -0.05) is 23.7 Å². The van der Waals surface area contributed by atoms with Crippen molar-refractivity contribution in [3.8, 4) is 5.75 Å². The molecule has 0 aliphatic rings. The van der Waals surface area contributed by atoms with Gasteiger partial charge in [0, 0.05) is 5.02 Å². The van der Waals surface area contributed by atoms with Crippen molar-refractivity contribution in [3.05, 3.63) is 53.6 Å². The number of esters is 1. The van der Waals surface area contributed by atoms with E-state index in [1.165, 1.54) is 45.2 Å². The number of anilines is 1. The van der Waals surface area contributed by atoms with Crippen molar-refractivity contribution >= 4 is 39.2 Å². The van der Waals surface area contributed by atoms with E-state index in [0.29, 0.717) is 16.5 Å². The molecular formula is C19H21ClN2O6S. The first-order valence-electron chi connectivity index (χ1n) is 8.56. The number of hydrogen-bond donors (Lipinski definition) is 2. The molecule has 0 aliphatic carbocycles. The van der Waals surface area contributed by atoms with Crippen molar-refractivity contribution in [2.45, 2.75) is 30.9 Å². The molecule has 1 amide bonds. The second-order valence-corrected chi connectivity index (χ2v) is 8.22. The molecule has 0 spiro atoms. The van der Waals surface area contributed by atoms with Gasteiger partial charge < -0.3 is 14.8 Å². The highest BCUT2D eigenvalue weighted by molar-refractivity contribution is 7.89. The average Bonchev–Trinajstić information content (AvgIpc) is 2.68. The first-order valence-corrected chi connectivity index (χ1v) is 10.4. The second-order valence-electron chi connectivity index (χ2n) is 6.07. The predicted molar refractivity (Wildman–Crippen MR) is 108 cm³/mol. The Morgan fingerprint density at radius 1 is 1.03 bits per heavy atom. The fourth-order valence-corrected chi connectivity index (χ4v) is 3.59. The summed E-state index contributed by atoms with van der Waals surface area (Å²) in [5.41, 5.74) is 0.416. The first kappa shape index (κ1) is 22.7. The summed E-state index contributed by atoms with van der Waals surface area (Å²) in [6.45, 7) is 2.70. The van der Waals surface area contributed by atoms with Crippen LogP contribution in [0.5, 0.6) is 5.75 Å². The number of ether oxygens (including phenoxy) is 2. The molecule has 0 saturated heterocycles. The maximum Gasteiger partial charge on any atom is 0.324 e. The zero-order chi connectivity index (χ0) is 21.6. The highest BCUT2D eigenvalue weighted by Gasteiger charge is 2.26. The highest BCUT2D eigenvalue weighted by atomic mass is 35.5. The van der Waals surface area contributed by atoms with Crippen LogP contribution in [-0.4, -0.2) is 39.5 Å².